The summed E-state index contributed by atoms with van der Waals surface area (Å²) in [5.74, 6) is 0. The van der Waals surface area contributed by atoms with Gasteiger partial charge < -0.3 is 5.32 Å². The van der Waals surface area contributed by atoms with Crippen LogP contribution in [0, 0.1) is 0 Å². The molecule has 2 rings (SSSR count). The van der Waals surface area contributed by atoms with Gasteiger partial charge in [0.15, 0.2) is 0 Å². The molecule has 2 aliphatic rings. The van der Waals surface area contributed by atoms with Gasteiger partial charge in [0.05, 0.1) is 0 Å². The Balaban J connectivity index is 2.00. The van der Waals surface area contributed by atoms with E-state index in [1.54, 1.807) is 0 Å². The summed E-state index contributed by atoms with van der Waals surface area (Å²) in [5, 5.41) is 3.98. The molecule has 0 unspecified atom stereocenters. The van der Waals surface area contributed by atoms with Crippen molar-refractivity contribution in [2.45, 2.75) is 18.1 Å². The Hall–Kier alpha value is 0.0249. The van der Waals surface area contributed by atoms with Crippen LogP contribution >= 0.6 is 0 Å². The average molecular weight is 93.9 g/mol. The van der Waals surface area contributed by atoms with Crippen molar-refractivity contribution in [2.24, 2.45) is 0 Å². The van der Waals surface area contributed by atoms with E-state index in [1.807, 2.05) is 0 Å². The first kappa shape index (κ1) is 3.96. The Bertz CT molecular complexity index is 68.6. The van der Waals surface area contributed by atoms with Gasteiger partial charge in [-0.25, -0.2) is 0 Å². The molecule has 0 aromatic heterocycles. The molecule has 0 atom stereocenters. The molecular weight excluding hydrogens is 84.9 g/mol. The number of hydrogen-bond donors (Lipinski definition) is 1. The van der Waals surface area contributed by atoms with Crippen molar-refractivity contribution in [2.75, 3.05) is 13.1 Å². The fraction of sp³-hybridized carbons (Fsp3) is 1.00. The summed E-state index contributed by atoms with van der Waals surface area (Å²) < 4.78 is 0. The first-order valence-corrected chi connectivity index (χ1v) is 2.96. The van der Waals surface area contributed by atoms with Gasteiger partial charge in [0, 0.05) is 0 Å². The minimum Gasteiger partial charge on any atom is -0.317 e. The van der Waals surface area contributed by atoms with Crippen molar-refractivity contribution in [3.63, 3.8) is 0 Å². The molecule has 0 aromatic rings. The van der Waals surface area contributed by atoms with Crippen LogP contribution in [0.4, 0.5) is 0 Å². The third-order valence-corrected chi connectivity index (χ3v) is 2.17. The third-order valence-electron chi connectivity index (χ3n) is 2.17. The van der Waals surface area contributed by atoms with Crippen molar-refractivity contribution in [1.82, 2.24) is 5.32 Å². The second-order valence-corrected chi connectivity index (χ2v) is 2.71. The number of nitrogens with one attached hydrogen (secondary N) is 1. The standard InChI is InChI=1S/C5H9BN/c1-2-6-5(1)3-7-4-5/h7H,1-4H2. The summed E-state index contributed by atoms with van der Waals surface area (Å²) >= 11 is 0. The van der Waals surface area contributed by atoms with Crippen molar-refractivity contribution in [3.8, 4) is 0 Å². The van der Waals surface area contributed by atoms with Crippen LogP contribution in [0.25, 0.3) is 0 Å². The number of rotatable bonds is 0. The summed E-state index contributed by atoms with van der Waals surface area (Å²) in [7, 11) is 2.45. The van der Waals surface area contributed by atoms with Gasteiger partial charge >= 0.3 is 0 Å². The Morgan fingerprint density at radius 2 is 2.14 bits per heavy atom. The highest BCUT2D eigenvalue weighted by molar-refractivity contribution is 6.44. The quantitative estimate of drug-likeness (QED) is 0.425. The van der Waals surface area contributed by atoms with Gasteiger partial charge in [-0.1, -0.05) is 12.7 Å². The van der Waals surface area contributed by atoms with Gasteiger partial charge in [0.25, 0.3) is 0 Å². The van der Waals surface area contributed by atoms with Crippen molar-refractivity contribution >= 4 is 7.28 Å². The van der Waals surface area contributed by atoms with E-state index in [-0.39, 0.29) is 0 Å². The molecule has 0 saturated carbocycles. The highest BCUT2D eigenvalue weighted by Crippen LogP contribution is 2.44. The molecule has 7 heavy (non-hydrogen) atoms. The Morgan fingerprint density at radius 3 is 2.14 bits per heavy atom. The molecule has 2 fully saturated rings. The molecule has 2 saturated heterocycles. The lowest BCUT2D eigenvalue weighted by Gasteiger charge is -2.49. The van der Waals surface area contributed by atoms with E-state index < -0.39 is 0 Å². The van der Waals surface area contributed by atoms with E-state index in [0.29, 0.717) is 5.31 Å². The zero-order valence-corrected chi connectivity index (χ0v) is 4.41. The topological polar surface area (TPSA) is 12.0 Å². The largest absolute Gasteiger partial charge is 0.317 e. The van der Waals surface area contributed by atoms with Gasteiger partial charge in [0.2, 0.25) is 0 Å². The van der Waals surface area contributed by atoms with Crippen molar-refractivity contribution < 1.29 is 0 Å². The Morgan fingerprint density at radius 1 is 1.43 bits per heavy atom. The van der Waals surface area contributed by atoms with E-state index in [4.69, 9.17) is 0 Å². The highest BCUT2D eigenvalue weighted by atomic mass is 15.0. The molecule has 0 bridgehead atoms. The lowest BCUT2D eigenvalue weighted by atomic mass is 9.35. The molecule has 0 amide bonds. The molecule has 0 aromatic carbocycles. The summed E-state index contributed by atoms with van der Waals surface area (Å²) in [5.41, 5.74) is 0. The molecule has 1 N–H and O–H groups in total. The number of hydrogen-bond acceptors (Lipinski definition) is 1. The highest BCUT2D eigenvalue weighted by Gasteiger charge is 2.42. The lowest BCUT2D eigenvalue weighted by molar-refractivity contribution is 0.326. The maximum absolute atomic E-state index is 3.27. The van der Waals surface area contributed by atoms with Gasteiger partial charge in [-0.05, 0) is 18.4 Å². The van der Waals surface area contributed by atoms with E-state index in [1.165, 1.54) is 25.8 Å². The van der Waals surface area contributed by atoms with Crippen LogP contribution in [0.3, 0.4) is 0 Å². The second-order valence-electron chi connectivity index (χ2n) is 2.71. The maximum atomic E-state index is 3.27. The van der Waals surface area contributed by atoms with Gasteiger partial charge in [0.1, 0.15) is 7.28 Å². The normalized spacial score (nSPS) is 33.1. The van der Waals surface area contributed by atoms with Crippen LogP contribution in [0.2, 0.25) is 11.6 Å². The summed E-state index contributed by atoms with van der Waals surface area (Å²) in [4.78, 5) is 0. The van der Waals surface area contributed by atoms with Crippen LogP contribution in [-0.4, -0.2) is 20.4 Å². The lowest BCUT2D eigenvalue weighted by Crippen LogP contribution is -2.55. The molecule has 2 aliphatic heterocycles. The van der Waals surface area contributed by atoms with Crippen molar-refractivity contribution in [3.05, 3.63) is 0 Å². The summed E-state index contributed by atoms with van der Waals surface area (Å²) in [6.45, 7) is 2.51. The fourth-order valence-electron chi connectivity index (χ4n) is 1.32. The van der Waals surface area contributed by atoms with E-state index in [2.05, 4.69) is 12.6 Å². The molecule has 1 nitrogen and oxygen atoms in total. The maximum Gasteiger partial charge on any atom is 0.121 e. The predicted molar refractivity (Wildman–Crippen MR) is 30.7 cm³/mol. The van der Waals surface area contributed by atoms with Gasteiger partial charge in [-0.3, -0.25) is 0 Å². The average Bonchev–Trinajstić information content (AvgIpc) is 1.20. The zero-order valence-electron chi connectivity index (χ0n) is 4.41. The molecule has 2 heterocycles. The minimum atomic E-state index is 0.708. The summed E-state index contributed by atoms with van der Waals surface area (Å²) in [6, 6.07) is 0. The Kier molecular flexibility index (Phi) is 0.595. The molecule has 1 spiro atoms. The molecule has 37 valence electrons. The van der Waals surface area contributed by atoms with Gasteiger partial charge in [-0.15, -0.1) is 0 Å². The first-order valence-electron chi connectivity index (χ1n) is 2.96. The van der Waals surface area contributed by atoms with Crippen LogP contribution in [0.1, 0.15) is 6.42 Å². The predicted octanol–water partition coefficient (Wildman–Crippen LogP) is 0.274. The third kappa shape index (κ3) is 0.380. The Labute approximate surface area is 44.7 Å². The molecule has 0 aliphatic carbocycles. The fourth-order valence-corrected chi connectivity index (χ4v) is 1.32. The molecule has 2 heteroatoms. The van der Waals surface area contributed by atoms with Crippen LogP contribution in [0.15, 0.2) is 0 Å². The smallest absolute Gasteiger partial charge is 0.121 e. The van der Waals surface area contributed by atoms with Crippen LogP contribution in [0.5, 0.6) is 0 Å². The van der Waals surface area contributed by atoms with E-state index >= 15 is 0 Å². The second kappa shape index (κ2) is 1.05. The van der Waals surface area contributed by atoms with E-state index in [0.717, 1.165) is 0 Å². The summed E-state index contributed by atoms with van der Waals surface area (Å²) in [6.07, 6.45) is 2.81. The molecular formula is C5H9BN. The molecule has 1 radical (unpaired) electrons. The first-order chi connectivity index (χ1) is 3.41. The van der Waals surface area contributed by atoms with Crippen LogP contribution in [-0.2, 0) is 0 Å². The SMILES string of the molecule is [B]1CCC12CNC2. The minimum absolute atomic E-state index is 0.708. The monoisotopic (exact) mass is 94.1 g/mol. The van der Waals surface area contributed by atoms with Crippen molar-refractivity contribution in [1.29, 1.82) is 0 Å². The zero-order chi connectivity index (χ0) is 4.74. The van der Waals surface area contributed by atoms with Crippen LogP contribution < -0.4 is 5.32 Å². The van der Waals surface area contributed by atoms with E-state index in [9.17, 15) is 0 Å². The van der Waals surface area contributed by atoms with Gasteiger partial charge in [-0.2, -0.15) is 0 Å².